The van der Waals surface area contributed by atoms with Gasteiger partial charge in [-0.05, 0) is 37.8 Å². The molecule has 3 aliphatic rings. The van der Waals surface area contributed by atoms with Gasteiger partial charge in [0.2, 0.25) is 0 Å². The maximum atomic E-state index is 13.4. The number of aryl methyl sites for hydroxylation is 1. The van der Waals surface area contributed by atoms with Crippen LogP contribution < -0.4 is 15.4 Å². The maximum absolute atomic E-state index is 13.4. The molecule has 9 heteroatoms. The van der Waals surface area contributed by atoms with Crippen molar-refractivity contribution in [3.63, 3.8) is 0 Å². The van der Waals surface area contributed by atoms with Gasteiger partial charge in [-0.25, -0.2) is 9.37 Å². The second kappa shape index (κ2) is 7.83. The van der Waals surface area contributed by atoms with Crippen molar-refractivity contribution in [3.8, 4) is 5.75 Å². The lowest BCUT2D eigenvalue weighted by Gasteiger charge is -2.70. The second-order valence-electron chi connectivity index (χ2n) is 8.10. The number of hydrogen-bond acceptors (Lipinski definition) is 5. The third-order valence-electron chi connectivity index (χ3n) is 5.52. The molecule has 2 amide bonds. The predicted molar refractivity (Wildman–Crippen MR) is 108 cm³/mol. The number of aromatic nitrogens is 2. The average molecular weight is 433 g/mol. The fraction of sp³-hybridized carbons (Fsp3) is 0.429. The summed E-state index contributed by atoms with van der Waals surface area (Å²) in [4.78, 5) is 33.0. The summed E-state index contributed by atoms with van der Waals surface area (Å²) in [5, 5.41) is 5.96. The van der Waals surface area contributed by atoms with Crippen LogP contribution in [0.3, 0.4) is 0 Å². The van der Waals surface area contributed by atoms with Gasteiger partial charge >= 0.3 is 0 Å². The van der Waals surface area contributed by atoms with Crippen molar-refractivity contribution < 1.29 is 18.7 Å². The summed E-state index contributed by atoms with van der Waals surface area (Å²) in [7, 11) is 0. The number of benzene rings is 1. The predicted octanol–water partition coefficient (Wildman–Crippen LogP) is 2.82. The minimum atomic E-state index is -0.601. The van der Waals surface area contributed by atoms with Gasteiger partial charge < -0.3 is 15.4 Å². The summed E-state index contributed by atoms with van der Waals surface area (Å²) in [6.07, 6.45) is 6.92. The lowest BCUT2D eigenvalue weighted by atomic mass is 9.44. The number of halogens is 2. The topological polar surface area (TPSA) is 93.2 Å². The summed E-state index contributed by atoms with van der Waals surface area (Å²) < 4.78 is 18.7. The lowest BCUT2D eigenvalue weighted by Crippen LogP contribution is -2.84. The molecule has 3 fully saturated rings. The summed E-state index contributed by atoms with van der Waals surface area (Å²) in [5.41, 5.74) is 0.551. The van der Waals surface area contributed by atoms with E-state index in [4.69, 9.17) is 16.3 Å². The van der Waals surface area contributed by atoms with Crippen molar-refractivity contribution in [2.24, 2.45) is 0 Å². The van der Waals surface area contributed by atoms with Gasteiger partial charge in [0.05, 0.1) is 16.9 Å². The Morgan fingerprint density at radius 2 is 1.90 bits per heavy atom. The summed E-state index contributed by atoms with van der Waals surface area (Å²) in [6, 6.07) is 4.01. The molecule has 0 radical (unpaired) electrons. The first kappa shape index (κ1) is 20.5. The van der Waals surface area contributed by atoms with Crippen LogP contribution in [0.4, 0.5) is 4.39 Å². The van der Waals surface area contributed by atoms with Crippen LogP contribution in [0.5, 0.6) is 5.75 Å². The van der Waals surface area contributed by atoms with Crippen LogP contribution in [0.2, 0.25) is 5.02 Å². The molecule has 0 unspecified atom stereocenters. The van der Waals surface area contributed by atoms with Crippen LogP contribution in [-0.4, -0.2) is 39.5 Å². The van der Waals surface area contributed by atoms with Gasteiger partial charge in [0.25, 0.3) is 11.8 Å². The average Bonchev–Trinajstić information content (AvgIpc) is 2.67. The van der Waals surface area contributed by atoms with Crippen LogP contribution in [0.1, 0.15) is 48.8 Å². The Bertz CT molecular complexity index is 963. The van der Waals surface area contributed by atoms with Crippen molar-refractivity contribution in [2.75, 3.05) is 6.61 Å². The highest BCUT2D eigenvalue weighted by Gasteiger charge is 2.69. The first-order chi connectivity index (χ1) is 14.3. The van der Waals surface area contributed by atoms with Crippen LogP contribution in [0.25, 0.3) is 0 Å². The zero-order chi connectivity index (χ0) is 21.4. The summed E-state index contributed by atoms with van der Waals surface area (Å²) in [5.74, 6) is -0.906. The molecule has 2 N–H and O–H groups in total. The van der Waals surface area contributed by atoms with Crippen molar-refractivity contribution in [2.45, 2.75) is 50.1 Å². The fourth-order valence-electron chi connectivity index (χ4n) is 4.26. The Hall–Kier alpha value is -2.74. The normalized spacial score (nSPS) is 23.7. The van der Waals surface area contributed by atoms with Crippen molar-refractivity contribution in [1.29, 1.82) is 0 Å². The number of carbonyl (C=O) groups excluding carboxylic acids is 2. The molecule has 2 aromatic rings. The zero-order valence-electron chi connectivity index (χ0n) is 16.5. The molecule has 158 valence electrons. The summed E-state index contributed by atoms with van der Waals surface area (Å²) in [6.45, 7) is 1.84. The molecular weight excluding hydrogens is 411 g/mol. The van der Waals surface area contributed by atoms with E-state index in [9.17, 15) is 14.0 Å². The standard InChI is InChI=1S/C21H22ClFN4O3/c1-2-3-13-7-25-17(8-24-13)19(29)27-21-10-20(11-21,12-21)26-18(28)9-30-14-4-5-15(22)16(23)6-14/h4-8H,2-3,9-12H2,1H3,(H,26,28)(H,27,29). The molecule has 30 heavy (non-hydrogen) atoms. The Kier molecular flexibility index (Phi) is 5.36. The zero-order valence-corrected chi connectivity index (χ0v) is 17.3. The molecule has 3 aliphatic carbocycles. The molecule has 5 rings (SSSR count). The van der Waals surface area contributed by atoms with Gasteiger partial charge in [0.1, 0.15) is 17.3 Å². The molecule has 0 spiro atoms. The number of nitrogens with one attached hydrogen (secondary N) is 2. The van der Waals surface area contributed by atoms with E-state index >= 15 is 0 Å². The van der Waals surface area contributed by atoms with Crippen LogP contribution in [0.15, 0.2) is 30.6 Å². The second-order valence-corrected chi connectivity index (χ2v) is 8.51. The van der Waals surface area contributed by atoms with Gasteiger partial charge in [-0.15, -0.1) is 0 Å². The van der Waals surface area contributed by atoms with Gasteiger partial charge in [-0.1, -0.05) is 24.9 Å². The highest BCUT2D eigenvalue weighted by molar-refractivity contribution is 6.30. The molecule has 7 nitrogen and oxygen atoms in total. The quantitative estimate of drug-likeness (QED) is 0.669. The largest absolute Gasteiger partial charge is 0.484 e. The number of ether oxygens (including phenoxy) is 1. The van der Waals surface area contributed by atoms with E-state index in [1.165, 1.54) is 18.3 Å². The monoisotopic (exact) mass is 432 g/mol. The maximum Gasteiger partial charge on any atom is 0.271 e. The third-order valence-corrected chi connectivity index (χ3v) is 5.83. The smallest absolute Gasteiger partial charge is 0.271 e. The third kappa shape index (κ3) is 4.09. The molecule has 0 saturated heterocycles. The fourth-order valence-corrected chi connectivity index (χ4v) is 4.38. The number of amides is 2. The first-order valence-electron chi connectivity index (χ1n) is 9.84. The Morgan fingerprint density at radius 1 is 1.17 bits per heavy atom. The number of nitrogens with zero attached hydrogens (tertiary/aromatic N) is 2. The number of hydrogen-bond donors (Lipinski definition) is 2. The molecule has 2 bridgehead atoms. The molecule has 3 saturated carbocycles. The van der Waals surface area contributed by atoms with Crippen molar-refractivity contribution in [1.82, 2.24) is 20.6 Å². The number of rotatable bonds is 8. The molecule has 1 aromatic heterocycles. The van der Waals surface area contributed by atoms with E-state index in [1.54, 1.807) is 6.20 Å². The first-order valence-corrected chi connectivity index (χ1v) is 10.2. The Labute approximate surface area is 178 Å². The Balaban J connectivity index is 1.22. The molecule has 1 aromatic carbocycles. The van der Waals surface area contributed by atoms with Crippen molar-refractivity contribution >= 4 is 23.4 Å². The molecule has 0 aliphatic heterocycles. The van der Waals surface area contributed by atoms with Gasteiger partial charge in [0.15, 0.2) is 6.61 Å². The van der Waals surface area contributed by atoms with E-state index in [-0.39, 0.29) is 40.3 Å². The minimum absolute atomic E-state index is 0.00380. The van der Waals surface area contributed by atoms with Crippen LogP contribution in [-0.2, 0) is 11.2 Å². The number of carbonyl (C=O) groups is 2. The SMILES string of the molecule is CCCc1cnc(C(=O)NC23CC(NC(=O)COc4ccc(Cl)c(F)c4)(C2)C3)cn1. The van der Waals surface area contributed by atoms with Crippen molar-refractivity contribution in [3.05, 3.63) is 52.8 Å². The summed E-state index contributed by atoms with van der Waals surface area (Å²) >= 11 is 5.62. The Morgan fingerprint density at radius 3 is 2.53 bits per heavy atom. The van der Waals surface area contributed by atoms with E-state index in [0.717, 1.165) is 24.6 Å². The van der Waals surface area contributed by atoms with E-state index in [2.05, 4.69) is 27.5 Å². The van der Waals surface area contributed by atoms with Crippen LogP contribution in [0, 0.1) is 5.82 Å². The van der Waals surface area contributed by atoms with E-state index < -0.39 is 5.82 Å². The van der Waals surface area contributed by atoms with E-state index in [1.807, 2.05) is 0 Å². The van der Waals surface area contributed by atoms with Gasteiger partial charge in [-0.3, -0.25) is 14.6 Å². The highest BCUT2D eigenvalue weighted by Crippen LogP contribution is 2.60. The van der Waals surface area contributed by atoms with Gasteiger partial charge in [0, 0.05) is 23.3 Å². The van der Waals surface area contributed by atoms with Crippen LogP contribution >= 0.6 is 11.6 Å². The van der Waals surface area contributed by atoms with Gasteiger partial charge in [-0.2, -0.15) is 0 Å². The minimum Gasteiger partial charge on any atom is -0.484 e. The lowest BCUT2D eigenvalue weighted by molar-refractivity contribution is -0.141. The molecular formula is C21H22ClFN4O3. The molecule has 0 atom stereocenters. The van der Waals surface area contributed by atoms with E-state index in [0.29, 0.717) is 25.0 Å². The molecule has 1 heterocycles. The highest BCUT2D eigenvalue weighted by atomic mass is 35.5.